The van der Waals surface area contributed by atoms with Gasteiger partial charge in [-0.05, 0) is 36.7 Å². The molecule has 1 unspecified atom stereocenters. The predicted molar refractivity (Wildman–Crippen MR) is 90.5 cm³/mol. The van der Waals surface area contributed by atoms with E-state index in [1.54, 1.807) is 0 Å². The smallest absolute Gasteiger partial charge is 0.134 e. The van der Waals surface area contributed by atoms with Crippen molar-refractivity contribution in [3.63, 3.8) is 0 Å². The van der Waals surface area contributed by atoms with E-state index in [-0.39, 0.29) is 6.04 Å². The van der Waals surface area contributed by atoms with E-state index in [0.29, 0.717) is 0 Å². The second kappa shape index (κ2) is 6.46. The van der Waals surface area contributed by atoms with Gasteiger partial charge in [-0.15, -0.1) is 0 Å². The second-order valence-electron chi connectivity index (χ2n) is 5.10. The minimum absolute atomic E-state index is 0.0629. The minimum atomic E-state index is 0.0629. The van der Waals surface area contributed by atoms with Gasteiger partial charge in [-0.3, -0.25) is 0 Å². The maximum atomic E-state index is 6.05. The van der Waals surface area contributed by atoms with E-state index in [2.05, 4.69) is 58.5 Å². The van der Waals surface area contributed by atoms with Gasteiger partial charge in [-0.2, -0.15) is 0 Å². The van der Waals surface area contributed by atoms with Crippen molar-refractivity contribution < 1.29 is 4.42 Å². The highest BCUT2D eigenvalue weighted by Gasteiger charge is 2.19. The van der Waals surface area contributed by atoms with Crippen LogP contribution in [-0.2, 0) is 0 Å². The number of nitrogens with one attached hydrogen (secondary N) is 1. The maximum Gasteiger partial charge on any atom is 0.134 e. The first kappa shape index (κ1) is 14.4. The van der Waals surface area contributed by atoms with Gasteiger partial charge in [0.15, 0.2) is 0 Å². The molecule has 0 bridgehead atoms. The Labute approximate surface area is 133 Å². The average Bonchev–Trinajstić information content (AvgIpc) is 2.93. The Morgan fingerprint density at radius 2 is 1.86 bits per heavy atom. The summed E-state index contributed by atoms with van der Waals surface area (Å²) in [6.45, 7) is 3.12. The molecule has 3 heteroatoms. The minimum Gasteiger partial charge on any atom is -0.459 e. The fourth-order valence-electron chi connectivity index (χ4n) is 2.51. The van der Waals surface area contributed by atoms with Gasteiger partial charge < -0.3 is 9.73 Å². The van der Waals surface area contributed by atoms with E-state index in [1.807, 2.05) is 24.3 Å². The molecule has 0 saturated heterocycles. The summed E-state index contributed by atoms with van der Waals surface area (Å²) in [7, 11) is 0. The van der Waals surface area contributed by atoms with Crippen molar-refractivity contribution in [2.75, 3.05) is 6.54 Å². The largest absolute Gasteiger partial charge is 0.459 e. The molecule has 0 radical (unpaired) electrons. The van der Waals surface area contributed by atoms with Gasteiger partial charge in [-0.1, -0.05) is 59.3 Å². The molecule has 0 aliphatic carbocycles. The van der Waals surface area contributed by atoms with E-state index in [4.69, 9.17) is 4.42 Å². The first-order chi connectivity index (χ1) is 10.3. The Morgan fingerprint density at radius 1 is 1.10 bits per heavy atom. The molecule has 0 saturated carbocycles. The molecule has 3 aromatic rings. The molecule has 0 fully saturated rings. The molecule has 0 spiro atoms. The highest BCUT2D eigenvalue weighted by molar-refractivity contribution is 9.10. The summed E-state index contributed by atoms with van der Waals surface area (Å²) in [5, 5.41) is 4.72. The van der Waals surface area contributed by atoms with Crippen LogP contribution in [0.3, 0.4) is 0 Å². The Kier molecular flexibility index (Phi) is 4.42. The van der Waals surface area contributed by atoms with Crippen LogP contribution in [-0.4, -0.2) is 6.54 Å². The number of furan rings is 1. The molecular formula is C18H18BrNO. The van der Waals surface area contributed by atoms with E-state index >= 15 is 0 Å². The van der Waals surface area contributed by atoms with Crippen LogP contribution in [0.25, 0.3) is 11.0 Å². The van der Waals surface area contributed by atoms with Crippen LogP contribution in [0, 0.1) is 0 Å². The van der Waals surface area contributed by atoms with Crippen molar-refractivity contribution in [1.29, 1.82) is 0 Å². The SMILES string of the molecule is CCCNC(c1cc2ccccc2o1)c1ccccc1Br. The summed E-state index contributed by atoms with van der Waals surface area (Å²) in [6.07, 6.45) is 1.08. The molecule has 21 heavy (non-hydrogen) atoms. The normalized spacial score (nSPS) is 12.7. The zero-order valence-corrected chi connectivity index (χ0v) is 13.6. The topological polar surface area (TPSA) is 25.2 Å². The van der Waals surface area contributed by atoms with Crippen LogP contribution in [0.15, 0.2) is 63.5 Å². The van der Waals surface area contributed by atoms with Gasteiger partial charge in [-0.25, -0.2) is 0 Å². The van der Waals surface area contributed by atoms with Crippen molar-refractivity contribution in [2.24, 2.45) is 0 Å². The van der Waals surface area contributed by atoms with Crippen LogP contribution in [0.4, 0.5) is 0 Å². The summed E-state index contributed by atoms with van der Waals surface area (Å²) in [5.41, 5.74) is 2.13. The second-order valence-corrected chi connectivity index (χ2v) is 5.95. The third-order valence-electron chi connectivity index (χ3n) is 3.54. The van der Waals surface area contributed by atoms with Gasteiger partial charge in [0.2, 0.25) is 0 Å². The van der Waals surface area contributed by atoms with Crippen molar-refractivity contribution in [3.8, 4) is 0 Å². The van der Waals surface area contributed by atoms with Crippen LogP contribution in [0.5, 0.6) is 0 Å². The molecule has 1 heterocycles. The lowest BCUT2D eigenvalue weighted by Gasteiger charge is -2.18. The fourth-order valence-corrected chi connectivity index (χ4v) is 3.02. The van der Waals surface area contributed by atoms with Crippen molar-refractivity contribution in [1.82, 2.24) is 5.32 Å². The van der Waals surface area contributed by atoms with E-state index in [0.717, 1.165) is 34.2 Å². The third-order valence-corrected chi connectivity index (χ3v) is 4.27. The lowest BCUT2D eigenvalue weighted by Crippen LogP contribution is -2.23. The van der Waals surface area contributed by atoms with Gasteiger partial charge in [0.05, 0.1) is 6.04 Å². The zero-order chi connectivity index (χ0) is 14.7. The van der Waals surface area contributed by atoms with Crippen LogP contribution >= 0.6 is 15.9 Å². The first-order valence-electron chi connectivity index (χ1n) is 7.26. The number of hydrogen-bond acceptors (Lipinski definition) is 2. The molecule has 2 aromatic carbocycles. The quantitative estimate of drug-likeness (QED) is 0.681. The first-order valence-corrected chi connectivity index (χ1v) is 8.05. The molecule has 0 aliphatic heterocycles. The summed E-state index contributed by atoms with van der Waals surface area (Å²) < 4.78 is 7.15. The van der Waals surface area contributed by atoms with E-state index in [1.165, 1.54) is 5.56 Å². The molecule has 3 rings (SSSR count). The molecule has 1 N–H and O–H groups in total. The predicted octanol–water partition coefficient (Wildman–Crippen LogP) is 5.28. The van der Waals surface area contributed by atoms with Gasteiger partial charge in [0.1, 0.15) is 11.3 Å². The number of fused-ring (bicyclic) bond motifs is 1. The van der Waals surface area contributed by atoms with Crippen LogP contribution < -0.4 is 5.32 Å². The molecule has 1 atom stereocenters. The number of hydrogen-bond donors (Lipinski definition) is 1. The Bertz CT molecular complexity index is 702. The average molecular weight is 344 g/mol. The van der Waals surface area contributed by atoms with Crippen molar-refractivity contribution >= 4 is 26.9 Å². The number of para-hydroxylation sites is 1. The van der Waals surface area contributed by atoms with Crippen molar-refractivity contribution in [2.45, 2.75) is 19.4 Å². The van der Waals surface area contributed by atoms with E-state index in [9.17, 15) is 0 Å². The molecular weight excluding hydrogens is 326 g/mol. The lowest BCUT2D eigenvalue weighted by atomic mass is 10.0. The van der Waals surface area contributed by atoms with Crippen LogP contribution in [0.1, 0.15) is 30.7 Å². The van der Waals surface area contributed by atoms with Crippen LogP contribution in [0.2, 0.25) is 0 Å². The highest BCUT2D eigenvalue weighted by atomic mass is 79.9. The molecule has 108 valence electrons. The lowest BCUT2D eigenvalue weighted by molar-refractivity contribution is 0.469. The monoisotopic (exact) mass is 343 g/mol. The zero-order valence-electron chi connectivity index (χ0n) is 12.0. The fraction of sp³-hybridized carbons (Fsp3) is 0.222. The summed E-state index contributed by atoms with van der Waals surface area (Å²) >= 11 is 3.65. The van der Waals surface area contributed by atoms with Crippen molar-refractivity contribution in [3.05, 3.63) is 70.4 Å². The van der Waals surface area contributed by atoms with Gasteiger partial charge >= 0.3 is 0 Å². The Morgan fingerprint density at radius 3 is 2.62 bits per heavy atom. The van der Waals surface area contributed by atoms with Gasteiger partial charge in [0.25, 0.3) is 0 Å². The molecule has 1 aromatic heterocycles. The standard InChI is InChI=1S/C18H18BrNO/c1-2-11-20-18(14-8-4-5-9-15(14)19)17-12-13-7-3-6-10-16(13)21-17/h3-10,12,18,20H,2,11H2,1H3. The molecule has 0 amide bonds. The summed E-state index contributed by atoms with van der Waals surface area (Å²) in [4.78, 5) is 0. The van der Waals surface area contributed by atoms with Gasteiger partial charge in [0, 0.05) is 9.86 Å². The van der Waals surface area contributed by atoms with E-state index < -0.39 is 0 Å². The molecule has 2 nitrogen and oxygen atoms in total. The highest BCUT2D eigenvalue weighted by Crippen LogP contribution is 2.32. The maximum absolute atomic E-state index is 6.05. The summed E-state index contributed by atoms with van der Waals surface area (Å²) in [6, 6.07) is 18.6. The number of rotatable bonds is 5. The third kappa shape index (κ3) is 3.04. The number of halogens is 1. The summed E-state index contributed by atoms with van der Waals surface area (Å²) in [5.74, 6) is 0.955. The Hall–Kier alpha value is -1.58. The Balaban J connectivity index is 2.04. The molecule has 0 aliphatic rings. The number of benzene rings is 2.